The minimum atomic E-state index is -4.55. The van der Waals surface area contributed by atoms with Crippen LogP contribution in [0.3, 0.4) is 0 Å². The first kappa shape index (κ1) is 10.2. The lowest BCUT2D eigenvalue weighted by molar-refractivity contribution is -0.144. The molecule has 2 aromatic rings. The van der Waals surface area contributed by atoms with Gasteiger partial charge in [-0.3, -0.25) is 0 Å². The van der Waals surface area contributed by atoms with Crippen molar-refractivity contribution in [2.24, 2.45) is 0 Å². The highest BCUT2D eigenvalue weighted by atomic mass is 35.5. The minimum absolute atomic E-state index is 0.0176. The molecule has 3 nitrogen and oxygen atoms in total. The van der Waals surface area contributed by atoms with Crippen LogP contribution < -0.4 is 0 Å². The van der Waals surface area contributed by atoms with Gasteiger partial charge in [-0.05, 0) is 18.6 Å². The van der Waals surface area contributed by atoms with Crippen molar-refractivity contribution in [3.63, 3.8) is 0 Å². The number of alkyl halides is 3. The summed E-state index contributed by atoms with van der Waals surface area (Å²) >= 11 is 5.80. The van der Waals surface area contributed by atoms with E-state index in [0.717, 1.165) is 4.52 Å². The summed E-state index contributed by atoms with van der Waals surface area (Å²) in [6.07, 6.45) is -3.16. The molecule has 0 amide bonds. The van der Waals surface area contributed by atoms with Crippen LogP contribution in [-0.2, 0) is 6.18 Å². The molecule has 80 valence electrons. The number of halogens is 4. The molecular weight excluding hydrogens is 231 g/mol. The van der Waals surface area contributed by atoms with E-state index in [9.17, 15) is 13.2 Å². The number of hydrogen-bond acceptors (Lipinski definition) is 2. The maximum Gasteiger partial charge on any atom is 0.453 e. The van der Waals surface area contributed by atoms with E-state index in [1.807, 2.05) is 0 Å². The normalized spacial score (nSPS) is 12.3. The summed E-state index contributed by atoms with van der Waals surface area (Å²) in [4.78, 5) is 3.34. The zero-order valence-electron chi connectivity index (χ0n) is 7.51. The van der Waals surface area contributed by atoms with Gasteiger partial charge in [0.05, 0.1) is 5.02 Å². The molecule has 0 saturated heterocycles. The average molecular weight is 236 g/mol. The Hall–Kier alpha value is -1.30. The monoisotopic (exact) mass is 235 g/mol. The number of nitrogens with zero attached hydrogens (tertiary/aromatic N) is 3. The number of hydrogen-bond donors (Lipinski definition) is 0. The number of aryl methyl sites for hydroxylation is 1. The molecule has 0 aliphatic heterocycles. The third-order valence-corrected chi connectivity index (χ3v) is 2.36. The van der Waals surface area contributed by atoms with Crippen LogP contribution in [0, 0.1) is 6.92 Å². The van der Waals surface area contributed by atoms with E-state index >= 15 is 0 Å². The van der Waals surface area contributed by atoms with Crippen LogP contribution in [0.2, 0.25) is 5.02 Å². The smallest absolute Gasteiger partial charge is 0.219 e. The summed E-state index contributed by atoms with van der Waals surface area (Å²) in [5.41, 5.74) is 0.675. The first-order valence-electron chi connectivity index (χ1n) is 3.98. The summed E-state index contributed by atoms with van der Waals surface area (Å²) in [7, 11) is 0. The topological polar surface area (TPSA) is 30.2 Å². The predicted molar refractivity (Wildman–Crippen MR) is 47.7 cm³/mol. The van der Waals surface area contributed by atoms with Gasteiger partial charge in [0.15, 0.2) is 5.65 Å². The van der Waals surface area contributed by atoms with Crippen molar-refractivity contribution >= 4 is 17.2 Å². The van der Waals surface area contributed by atoms with Crippen molar-refractivity contribution in [3.8, 4) is 0 Å². The quantitative estimate of drug-likeness (QED) is 0.703. The third-order valence-electron chi connectivity index (χ3n) is 1.89. The highest BCUT2D eigenvalue weighted by Gasteiger charge is 2.36. The zero-order chi connectivity index (χ0) is 11.2. The first-order chi connectivity index (χ1) is 6.89. The lowest BCUT2D eigenvalue weighted by Crippen LogP contribution is -2.07. The summed E-state index contributed by atoms with van der Waals surface area (Å²) in [6.45, 7) is 1.68. The second kappa shape index (κ2) is 3.10. The van der Waals surface area contributed by atoms with Crippen molar-refractivity contribution in [1.29, 1.82) is 0 Å². The van der Waals surface area contributed by atoms with E-state index < -0.39 is 12.0 Å². The first-order valence-corrected chi connectivity index (χ1v) is 4.36. The molecule has 0 atom stereocenters. The van der Waals surface area contributed by atoms with Gasteiger partial charge in [0.1, 0.15) is 0 Å². The van der Waals surface area contributed by atoms with Gasteiger partial charge in [-0.25, -0.2) is 9.50 Å². The summed E-state index contributed by atoms with van der Waals surface area (Å²) in [5, 5.41) is 3.46. The molecule has 0 bridgehead atoms. The maximum atomic E-state index is 12.3. The molecule has 2 aromatic heterocycles. The Morgan fingerprint density at radius 2 is 2.07 bits per heavy atom. The molecule has 0 saturated carbocycles. The summed E-state index contributed by atoms with van der Waals surface area (Å²) in [6, 6.07) is 1.57. The predicted octanol–water partition coefficient (Wildman–Crippen LogP) is 2.71. The van der Waals surface area contributed by atoms with Crippen molar-refractivity contribution < 1.29 is 13.2 Å². The van der Waals surface area contributed by atoms with Crippen LogP contribution in [-0.4, -0.2) is 14.6 Å². The van der Waals surface area contributed by atoms with Crippen molar-refractivity contribution in [3.05, 3.63) is 28.7 Å². The van der Waals surface area contributed by atoms with Gasteiger partial charge in [-0.15, -0.1) is 5.10 Å². The largest absolute Gasteiger partial charge is 0.453 e. The van der Waals surface area contributed by atoms with E-state index in [1.54, 1.807) is 13.0 Å². The zero-order valence-corrected chi connectivity index (χ0v) is 8.26. The van der Waals surface area contributed by atoms with Gasteiger partial charge in [0.25, 0.3) is 5.82 Å². The van der Waals surface area contributed by atoms with Gasteiger partial charge in [-0.1, -0.05) is 11.6 Å². The second-order valence-corrected chi connectivity index (χ2v) is 3.39. The van der Waals surface area contributed by atoms with Gasteiger partial charge in [0.2, 0.25) is 0 Å². The van der Waals surface area contributed by atoms with E-state index in [1.165, 1.54) is 6.20 Å². The highest BCUT2D eigenvalue weighted by molar-refractivity contribution is 6.34. The van der Waals surface area contributed by atoms with Crippen LogP contribution in [0.25, 0.3) is 5.65 Å². The molecule has 0 spiro atoms. The van der Waals surface area contributed by atoms with Crippen LogP contribution in [0.15, 0.2) is 12.3 Å². The molecule has 0 aliphatic rings. The fourth-order valence-electron chi connectivity index (χ4n) is 1.13. The highest BCUT2D eigenvalue weighted by Crippen LogP contribution is 2.28. The lowest BCUT2D eigenvalue weighted by atomic mass is 10.3. The maximum absolute atomic E-state index is 12.3. The molecule has 15 heavy (non-hydrogen) atoms. The Kier molecular flexibility index (Phi) is 2.11. The van der Waals surface area contributed by atoms with E-state index in [4.69, 9.17) is 11.6 Å². The Morgan fingerprint density at radius 3 is 2.67 bits per heavy atom. The molecule has 0 fully saturated rings. The van der Waals surface area contributed by atoms with Crippen LogP contribution in [0.1, 0.15) is 11.4 Å². The number of pyridine rings is 1. The Labute approximate surface area is 87.5 Å². The number of aromatic nitrogens is 3. The number of rotatable bonds is 0. The molecule has 0 aromatic carbocycles. The molecular formula is C8H5ClF3N3. The molecule has 0 N–H and O–H groups in total. The van der Waals surface area contributed by atoms with Crippen LogP contribution in [0.5, 0.6) is 0 Å². The summed E-state index contributed by atoms with van der Waals surface area (Å²) < 4.78 is 37.8. The van der Waals surface area contributed by atoms with Gasteiger partial charge in [0, 0.05) is 6.20 Å². The SMILES string of the molecule is Cc1ccn2nc(C(F)(F)F)nc2c1Cl. The fourth-order valence-corrected chi connectivity index (χ4v) is 1.32. The Bertz CT molecular complexity index is 518. The van der Waals surface area contributed by atoms with Crippen LogP contribution in [0.4, 0.5) is 13.2 Å². The third kappa shape index (κ3) is 1.65. The van der Waals surface area contributed by atoms with E-state index in [2.05, 4.69) is 10.1 Å². The van der Waals surface area contributed by atoms with Gasteiger partial charge >= 0.3 is 6.18 Å². The van der Waals surface area contributed by atoms with Gasteiger partial charge in [-0.2, -0.15) is 13.2 Å². The van der Waals surface area contributed by atoms with Crippen LogP contribution >= 0.6 is 11.6 Å². The minimum Gasteiger partial charge on any atom is -0.219 e. The van der Waals surface area contributed by atoms with E-state index in [-0.39, 0.29) is 10.7 Å². The molecule has 0 radical (unpaired) electrons. The van der Waals surface area contributed by atoms with Crippen molar-refractivity contribution in [2.45, 2.75) is 13.1 Å². The standard InChI is InChI=1S/C8H5ClF3N3/c1-4-2-3-15-6(5(4)9)13-7(14-15)8(10,11)12/h2-3H,1H3. The Morgan fingerprint density at radius 1 is 1.40 bits per heavy atom. The lowest BCUT2D eigenvalue weighted by Gasteiger charge is -1.96. The molecule has 7 heteroatoms. The molecule has 2 rings (SSSR count). The van der Waals surface area contributed by atoms with Gasteiger partial charge < -0.3 is 0 Å². The van der Waals surface area contributed by atoms with Crippen molar-refractivity contribution in [2.75, 3.05) is 0 Å². The number of fused-ring (bicyclic) bond motifs is 1. The Balaban J connectivity index is 2.72. The second-order valence-electron chi connectivity index (χ2n) is 3.01. The molecule has 0 unspecified atom stereocenters. The average Bonchev–Trinajstić information content (AvgIpc) is 2.55. The summed E-state index contributed by atoms with van der Waals surface area (Å²) in [5.74, 6) is -1.19. The fraction of sp³-hybridized carbons (Fsp3) is 0.250. The molecule has 2 heterocycles. The van der Waals surface area contributed by atoms with E-state index in [0.29, 0.717) is 5.56 Å². The molecule has 0 aliphatic carbocycles. The van der Waals surface area contributed by atoms with Crippen molar-refractivity contribution in [1.82, 2.24) is 14.6 Å².